The second-order valence-corrected chi connectivity index (χ2v) is 3.71. The van der Waals surface area contributed by atoms with Gasteiger partial charge < -0.3 is 4.90 Å². The van der Waals surface area contributed by atoms with Crippen LogP contribution in [0.2, 0.25) is 0 Å². The van der Waals surface area contributed by atoms with E-state index in [0.29, 0.717) is 0 Å². The highest BCUT2D eigenvalue weighted by molar-refractivity contribution is 7.14. The molecule has 0 bridgehead atoms. The van der Waals surface area contributed by atoms with Crippen LogP contribution in [0.1, 0.15) is 12.5 Å². The molecule has 0 atom stereocenters. The number of hydrogen-bond acceptors (Lipinski definition) is 2. The first-order chi connectivity index (χ1) is 5.13. The van der Waals surface area contributed by atoms with Crippen LogP contribution in [0.5, 0.6) is 0 Å². The van der Waals surface area contributed by atoms with Crippen LogP contribution < -0.4 is 4.90 Å². The van der Waals surface area contributed by atoms with E-state index in [2.05, 4.69) is 37.0 Å². The second-order valence-electron chi connectivity index (χ2n) is 2.81. The van der Waals surface area contributed by atoms with Gasteiger partial charge in [-0.1, -0.05) is 6.58 Å². The normalized spacial score (nSPS) is 9.73. The summed E-state index contributed by atoms with van der Waals surface area (Å²) in [5.41, 5.74) is 2.40. The van der Waals surface area contributed by atoms with Crippen LogP contribution in [0, 0.1) is 0 Å². The third-order valence-electron chi connectivity index (χ3n) is 1.51. The van der Waals surface area contributed by atoms with E-state index in [-0.39, 0.29) is 0 Å². The van der Waals surface area contributed by atoms with Crippen molar-refractivity contribution in [3.63, 3.8) is 0 Å². The van der Waals surface area contributed by atoms with Crippen molar-refractivity contribution in [3.05, 3.63) is 23.6 Å². The second kappa shape index (κ2) is 3.09. The average Bonchev–Trinajstić information content (AvgIpc) is 2.32. The average molecular weight is 167 g/mol. The molecule has 1 rings (SSSR count). The fourth-order valence-corrected chi connectivity index (χ4v) is 1.89. The van der Waals surface area contributed by atoms with Gasteiger partial charge in [0, 0.05) is 19.7 Å². The van der Waals surface area contributed by atoms with Gasteiger partial charge in [-0.15, -0.1) is 11.3 Å². The summed E-state index contributed by atoms with van der Waals surface area (Å²) in [5, 5.41) is 3.39. The molecule has 0 aromatic carbocycles. The predicted molar refractivity (Wildman–Crippen MR) is 53.4 cm³/mol. The van der Waals surface area contributed by atoms with Crippen LogP contribution in [0.25, 0.3) is 5.57 Å². The van der Waals surface area contributed by atoms with Crippen LogP contribution in [-0.4, -0.2) is 14.1 Å². The zero-order chi connectivity index (χ0) is 8.43. The van der Waals surface area contributed by atoms with Crippen LogP contribution in [-0.2, 0) is 0 Å². The summed E-state index contributed by atoms with van der Waals surface area (Å²) in [6.45, 7) is 5.96. The Morgan fingerprint density at radius 3 is 2.55 bits per heavy atom. The quantitative estimate of drug-likeness (QED) is 0.654. The number of anilines is 1. The summed E-state index contributed by atoms with van der Waals surface area (Å²) in [7, 11) is 4.11. The molecule has 0 saturated heterocycles. The zero-order valence-corrected chi connectivity index (χ0v) is 8.03. The van der Waals surface area contributed by atoms with Gasteiger partial charge in [-0.3, -0.25) is 0 Å². The minimum absolute atomic E-state index is 1.13. The lowest BCUT2D eigenvalue weighted by Gasteiger charge is -2.11. The summed E-state index contributed by atoms with van der Waals surface area (Å²) in [4.78, 5) is 2.12. The highest BCUT2D eigenvalue weighted by Gasteiger charge is 2.05. The summed E-state index contributed by atoms with van der Waals surface area (Å²) in [6.07, 6.45) is 0. The van der Waals surface area contributed by atoms with E-state index in [9.17, 15) is 0 Å². The van der Waals surface area contributed by atoms with Crippen LogP contribution in [0.4, 0.5) is 5.00 Å². The molecule has 1 aromatic rings. The van der Waals surface area contributed by atoms with E-state index in [1.54, 1.807) is 11.3 Å². The number of nitrogens with zero attached hydrogens (tertiary/aromatic N) is 1. The molecule has 60 valence electrons. The monoisotopic (exact) mass is 167 g/mol. The minimum Gasteiger partial charge on any atom is -0.369 e. The van der Waals surface area contributed by atoms with Crippen LogP contribution in [0.15, 0.2) is 18.0 Å². The number of thiophene rings is 1. The first-order valence-corrected chi connectivity index (χ1v) is 4.41. The lowest BCUT2D eigenvalue weighted by atomic mass is 10.2. The standard InChI is InChI=1S/C9H13NS/c1-7(2)8-5-6-11-9(8)10(3)4/h5-6H,1H2,2-4H3. The predicted octanol–water partition coefficient (Wildman–Crippen LogP) is 2.85. The molecule has 0 unspecified atom stereocenters. The molecular formula is C9H13NS. The minimum atomic E-state index is 1.13. The first kappa shape index (κ1) is 8.34. The van der Waals surface area contributed by atoms with Crippen LogP contribution >= 0.6 is 11.3 Å². The largest absolute Gasteiger partial charge is 0.369 e. The van der Waals surface area contributed by atoms with Gasteiger partial charge >= 0.3 is 0 Å². The maximum absolute atomic E-state index is 3.92. The fourth-order valence-electron chi connectivity index (χ4n) is 0.972. The molecule has 0 radical (unpaired) electrons. The van der Waals surface area contributed by atoms with E-state index in [0.717, 1.165) is 5.57 Å². The molecular weight excluding hydrogens is 154 g/mol. The van der Waals surface area contributed by atoms with Crippen molar-refractivity contribution >= 4 is 21.9 Å². The van der Waals surface area contributed by atoms with Crippen molar-refractivity contribution in [3.8, 4) is 0 Å². The summed E-state index contributed by atoms with van der Waals surface area (Å²) >= 11 is 1.75. The number of allylic oxidation sites excluding steroid dienone is 1. The lowest BCUT2D eigenvalue weighted by Crippen LogP contribution is -2.07. The van der Waals surface area contributed by atoms with Gasteiger partial charge in [-0.2, -0.15) is 0 Å². The Hall–Kier alpha value is -0.760. The molecule has 0 amide bonds. The van der Waals surface area contributed by atoms with Gasteiger partial charge in [0.2, 0.25) is 0 Å². The number of rotatable bonds is 2. The maximum atomic E-state index is 3.92. The highest BCUT2D eigenvalue weighted by Crippen LogP contribution is 2.30. The lowest BCUT2D eigenvalue weighted by molar-refractivity contribution is 1.15. The highest BCUT2D eigenvalue weighted by atomic mass is 32.1. The summed E-state index contributed by atoms with van der Waals surface area (Å²) in [6, 6.07) is 2.11. The summed E-state index contributed by atoms with van der Waals surface area (Å²) in [5.74, 6) is 0. The Balaban J connectivity index is 3.06. The molecule has 1 aromatic heterocycles. The summed E-state index contributed by atoms with van der Waals surface area (Å²) < 4.78 is 0. The molecule has 0 saturated carbocycles. The van der Waals surface area contributed by atoms with E-state index < -0.39 is 0 Å². The molecule has 1 nitrogen and oxygen atoms in total. The Kier molecular flexibility index (Phi) is 2.35. The Morgan fingerprint density at radius 2 is 2.18 bits per heavy atom. The van der Waals surface area contributed by atoms with Gasteiger partial charge in [0.15, 0.2) is 0 Å². The molecule has 0 aliphatic carbocycles. The third-order valence-corrected chi connectivity index (χ3v) is 2.59. The van der Waals surface area contributed by atoms with Crippen molar-refractivity contribution in [1.82, 2.24) is 0 Å². The van der Waals surface area contributed by atoms with E-state index in [1.807, 2.05) is 6.92 Å². The SMILES string of the molecule is C=C(C)c1ccsc1N(C)C. The Morgan fingerprint density at radius 1 is 1.55 bits per heavy atom. The molecule has 0 fully saturated rings. The van der Waals surface area contributed by atoms with Crippen LogP contribution in [0.3, 0.4) is 0 Å². The zero-order valence-electron chi connectivity index (χ0n) is 7.22. The first-order valence-electron chi connectivity index (χ1n) is 3.53. The van der Waals surface area contributed by atoms with Crippen molar-refractivity contribution in [2.24, 2.45) is 0 Å². The van der Waals surface area contributed by atoms with Gasteiger partial charge in [0.1, 0.15) is 0 Å². The topological polar surface area (TPSA) is 3.24 Å². The fraction of sp³-hybridized carbons (Fsp3) is 0.333. The van der Waals surface area contributed by atoms with E-state index in [4.69, 9.17) is 0 Å². The molecule has 1 heterocycles. The van der Waals surface area contributed by atoms with Crippen molar-refractivity contribution in [1.29, 1.82) is 0 Å². The smallest absolute Gasteiger partial charge is 0.0979 e. The molecule has 0 N–H and O–H groups in total. The van der Waals surface area contributed by atoms with Crippen molar-refractivity contribution in [2.45, 2.75) is 6.92 Å². The Labute approximate surface area is 72.0 Å². The van der Waals surface area contributed by atoms with Crippen molar-refractivity contribution < 1.29 is 0 Å². The maximum Gasteiger partial charge on any atom is 0.0979 e. The molecule has 0 aliphatic rings. The van der Waals surface area contributed by atoms with Gasteiger partial charge in [0.25, 0.3) is 0 Å². The third kappa shape index (κ3) is 1.63. The van der Waals surface area contributed by atoms with E-state index in [1.165, 1.54) is 10.6 Å². The van der Waals surface area contributed by atoms with Gasteiger partial charge in [-0.05, 0) is 23.9 Å². The van der Waals surface area contributed by atoms with Gasteiger partial charge in [0.05, 0.1) is 5.00 Å². The van der Waals surface area contributed by atoms with Gasteiger partial charge in [-0.25, -0.2) is 0 Å². The Bertz CT molecular complexity index is 260. The molecule has 11 heavy (non-hydrogen) atoms. The van der Waals surface area contributed by atoms with E-state index >= 15 is 0 Å². The van der Waals surface area contributed by atoms with Crippen molar-refractivity contribution in [2.75, 3.05) is 19.0 Å². The molecule has 0 spiro atoms. The molecule has 2 heteroatoms. The molecule has 0 aliphatic heterocycles. The number of hydrogen-bond donors (Lipinski definition) is 0.